The average Bonchev–Trinajstić information content (AvgIpc) is 2.54. The standard InChI is InChI=1S/C18H10BrF3O4/c19-11-4-1-9(2-5-11)16(17(24)25)10-3-6-12-13(18(20,21)22)8-15(23)26-14(12)7-10/h1-8,16H,(H,24,25). The Labute approximate surface area is 153 Å². The minimum absolute atomic E-state index is 0.204. The fourth-order valence-corrected chi connectivity index (χ4v) is 2.99. The first-order valence-corrected chi connectivity index (χ1v) is 8.09. The maximum absolute atomic E-state index is 13.1. The first kappa shape index (κ1) is 18.2. The molecule has 0 fully saturated rings. The molecule has 0 aliphatic rings. The van der Waals surface area contributed by atoms with E-state index >= 15 is 0 Å². The molecule has 0 bridgehead atoms. The molecule has 0 saturated heterocycles. The summed E-state index contributed by atoms with van der Waals surface area (Å²) in [6, 6.07) is 10.5. The largest absolute Gasteiger partial charge is 0.481 e. The third-order valence-corrected chi connectivity index (χ3v) is 4.39. The molecule has 134 valence electrons. The highest BCUT2D eigenvalue weighted by Crippen LogP contribution is 2.35. The molecule has 2 aromatic carbocycles. The molecule has 0 radical (unpaired) electrons. The Morgan fingerprint density at radius 2 is 1.65 bits per heavy atom. The lowest BCUT2D eigenvalue weighted by Gasteiger charge is -2.15. The molecule has 0 spiro atoms. The summed E-state index contributed by atoms with van der Waals surface area (Å²) >= 11 is 3.25. The molecule has 0 saturated carbocycles. The van der Waals surface area contributed by atoms with Gasteiger partial charge in [-0.3, -0.25) is 4.79 Å². The molecule has 4 nitrogen and oxygen atoms in total. The quantitative estimate of drug-likeness (QED) is 0.611. The highest BCUT2D eigenvalue weighted by atomic mass is 79.9. The number of carboxylic acid groups (broad SMARTS) is 1. The van der Waals surface area contributed by atoms with Crippen LogP contribution in [0.25, 0.3) is 11.0 Å². The van der Waals surface area contributed by atoms with E-state index in [1.807, 2.05) is 0 Å². The van der Waals surface area contributed by atoms with Gasteiger partial charge in [-0.1, -0.05) is 40.2 Å². The lowest BCUT2D eigenvalue weighted by atomic mass is 9.90. The van der Waals surface area contributed by atoms with Crippen molar-refractivity contribution in [2.45, 2.75) is 12.1 Å². The molecular formula is C18H10BrF3O4. The molecule has 1 heterocycles. The predicted octanol–water partition coefficient (Wildman–Crippen LogP) is 4.79. The number of hydrogen-bond acceptors (Lipinski definition) is 3. The van der Waals surface area contributed by atoms with Crippen molar-refractivity contribution in [2.75, 3.05) is 0 Å². The van der Waals surface area contributed by atoms with E-state index in [1.54, 1.807) is 24.3 Å². The zero-order valence-corrected chi connectivity index (χ0v) is 14.5. The third kappa shape index (κ3) is 3.50. The highest BCUT2D eigenvalue weighted by molar-refractivity contribution is 9.10. The van der Waals surface area contributed by atoms with Crippen molar-refractivity contribution in [1.82, 2.24) is 0 Å². The van der Waals surface area contributed by atoms with Crippen LogP contribution < -0.4 is 5.63 Å². The Bertz CT molecular complexity index is 1040. The van der Waals surface area contributed by atoms with Crippen molar-refractivity contribution >= 4 is 32.9 Å². The summed E-state index contributed by atoms with van der Waals surface area (Å²) < 4.78 is 44.9. The number of aliphatic carboxylic acids is 1. The zero-order chi connectivity index (χ0) is 19.1. The number of halogens is 4. The van der Waals surface area contributed by atoms with Gasteiger partial charge in [0.05, 0.1) is 5.56 Å². The second-order valence-corrected chi connectivity index (χ2v) is 6.47. The molecule has 1 atom stereocenters. The highest BCUT2D eigenvalue weighted by Gasteiger charge is 2.34. The van der Waals surface area contributed by atoms with Gasteiger partial charge < -0.3 is 9.52 Å². The fourth-order valence-electron chi connectivity index (χ4n) is 2.73. The van der Waals surface area contributed by atoms with Crippen LogP contribution in [0.5, 0.6) is 0 Å². The summed E-state index contributed by atoms with van der Waals surface area (Å²) in [5.74, 6) is -2.30. The SMILES string of the molecule is O=C(O)C(c1ccc(Br)cc1)c1ccc2c(C(F)(F)F)cc(=O)oc2c1. The van der Waals surface area contributed by atoms with Crippen LogP contribution in [0.4, 0.5) is 13.2 Å². The normalized spacial score (nSPS) is 12.9. The van der Waals surface area contributed by atoms with E-state index in [0.717, 1.165) is 16.6 Å². The van der Waals surface area contributed by atoms with Crippen molar-refractivity contribution in [2.24, 2.45) is 0 Å². The first-order chi connectivity index (χ1) is 12.2. The number of rotatable bonds is 3. The Morgan fingerprint density at radius 1 is 1.04 bits per heavy atom. The smallest absolute Gasteiger partial charge is 0.417 e. The van der Waals surface area contributed by atoms with E-state index in [2.05, 4.69) is 15.9 Å². The van der Waals surface area contributed by atoms with Crippen LogP contribution >= 0.6 is 15.9 Å². The number of fused-ring (bicyclic) bond motifs is 1. The molecule has 1 aromatic heterocycles. The van der Waals surface area contributed by atoms with Gasteiger partial charge in [-0.15, -0.1) is 0 Å². The number of carbonyl (C=O) groups is 1. The molecule has 0 aliphatic heterocycles. The van der Waals surface area contributed by atoms with Crippen LogP contribution in [0.2, 0.25) is 0 Å². The summed E-state index contributed by atoms with van der Waals surface area (Å²) in [6.45, 7) is 0. The number of carboxylic acids is 1. The summed E-state index contributed by atoms with van der Waals surface area (Å²) in [5, 5.41) is 9.27. The molecule has 3 rings (SSSR count). The van der Waals surface area contributed by atoms with Crippen LogP contribution in [0.1, 0.15) is 22.6 Å². The summed E-state index contributed by atoms with van der Waals surface area (Å²) in [5.41, 5.74) is -1.95. The number of hydrogen-bond donors (Lipinski definition) is 1. The molecule has 0 amide bonds. The summed E-state index contributed by atoms with van der Waals surface area (Å²) in [6.07, 6.45) is -4.73. The van der Waals surface area contributed by atoms with Crippen molar-refractivity contribution in [1.29, 1.82) is 0 Å². The monoisotopic (exact) mass is 426 g/mol. The topological polar surface area (TPSA) is 67.5 Å². The van der Waals surface area contributed by atoms with Gasteiger partial charge in [-0.25, -0.2) is 4.79 Å². The van der Waals surface area contributed by atoms with Gasteiger partial charge in [0.1, 0.15) is 11.5 Å². The Balaban J connectivity index is 2.20. The predicted molar refractivity (Wildman–Crippen MR) is 91.1 cm³/mol. The van der Waals surface area contributed by atoms with E-state index in [0.29, 0.717) is 11.6 Å². The molecule has 26 heavy (non-hydrogen) atoms. The van der Waals surface area contributed by atoms with Crippen molar-refractivity contribution < 1.29 is 27.5 Å². The third-order valence-electron chi connectivity index (χ3n) is 3.86. The van der Waals surface area contributed by atoms with E-state index in [9.17, 15) is 27.9 Å². The van der Waals surface area contributed by atoms with E-state index in [4.69, 9.17) is 4.42 Å². The summed E-state index contributed by atoms with van der Waals surface area (Å²) in [7, 11) is 0. The van der Waals surface area contributed by atoms with Gasteiger partial charge >= 0.3 is 17.8 Å². The number of benzene rings is 2. The number of alkyl halides is 3. The second kappa shape index (κ2) is 6.60. The molecule has 8 heteroatoms. The first-order valence-electron chi connectivity index (χ1n) is 7.30. The van der Waals surface area contributed by atoms with Crippen LogP contribution in [0.3, 0.4) is 0 Å². The second-order valence-electron chi connectivity index (χ2n) is 5.56. The lowest BCUT2D eigenvalue weighted by Crippen LogP contribution is -2.14. The molecule has 1 unspecified atom stereocenters. The van der Waals surface area contributed by atoms with Gasteiger partial charge in [-0.2, -0.15) is 13.2 Å². The lowest BCUT2D eigenvalue weighted by molar-refractivity contribution is -0.138. The van der Waals surface area contributed by atoms with Crippen LogP contribution in [0, 0.1) is 0 Å². The Morgan fingerprint density at radius 3 is 2.23 bits per heavy atom. The molecule has 3 aromatic rings. The maximum atomic E-state index is 13.1. The van der Waals surface area contributed by atoms with Gasteiger partial charge in [0.2, 0.25) is 0 Å². The molecular weight excluding hydrogens is 417 g/mol. The molecule has 0 aliphatic carbocycles. The van der Waals surface area contributed by atoms with Gasteiger partial charge in [0.15, 0.2) is 0 Å². The van der Waals surface area contributed by atoms with Crippen molar-refractivity contribution in [3.8, 4) is 0 Å². The van der Waals surface area contributed by atoms with Crippen molar-refractivity contribution in [3.05, 3.63) is 80.1 Å². The van der Waals surface area contributed by atoms with Gasteiger partial charge in [0, 0.05) is 15.9 Å². The Kier molecular flexibility index (Phi) is 4.62. The van der Waals surface area contributed by atoms with Crippen molar-refractivity contribution in [3.63, 3.8) is 0 Å². The van der Waals surface area contributed by atoms with Crippen LogP contribution in [-0.4, -0.2) is 11.1 Å². The van der Waals surface area contributed by atoms with Crippen LogP contribution in [0.15, 0.2) is 62.2 Å². The minimum atomic E-state index is -4.73. The fraction of sp³-hybridized carbons (Fsp3) is 0.111. The van der Waals surface area contributed by atoms with Gasteiger partial charge in [0.25, 0.3) is 0 Å². The van der Waals surface area contributed by atoms with E-state index < -0.39 is 29.3 Å². The van der Waals surface area contributed by atoms with E-state index in [-0.39, 0.29) is 16.5 Å². The minimum Gasteiger partial charge on any atom is -0.481 e. The maximum Gasteiger partial charge on any atom is 0.417 e. The van der Waals surface area contributed by atoms with Crippen LogP contribution in [-0.2, 0) is 11.0 Å². The van der Waals surface area contributed by atoms with Gasteiger partial charge in [-0.05, 0) is 29.3 Å². The Hall–Kier alpha value is -2.61. The molecule has 1 N–H and O–H groups in total. The summed E-state index contributed by atoms with van der Waals surface area (Å²) in [4.78, 5) is 23.2. The van der Waals surface area contributed by atoms with E-state index in [1.165, 1.54) is 6.07 Å². The average molecular weight is 427 g/mol. The zero-order valence-electron chi connectivity index (χ0n) is 12.9.